The highest BCUT2D eigenvalue weighted by atomic mass is 28.3. The highest BCUT2D eigenvalue weighted by molar-refractivity contribution is 7.19. The van der Waals surface area contributed by atoms with Crippen LogP contribution < -0.4 is 20.7 Å². The van der Waals surface area contributed by atoms with Crippen molar-refractivity contribution < 1.29 is 0 Å². The quantitative estimate of drug-likeness (QED) is 0.101. The molecule has 0 radical (unpaired) electrons. The Morgan fingerprint density at radius 3 is 1.05 bits per heavy atom. The molecule has 0 N–H and O–H groups in total. The Kier molecular flexibility index (Phi) is 10.2. The van der Waals surface area contributed by atoms with Gasteiger partial charge in [-0.2, -0.15) is 0 Å². The van der Waals surface area contributed by atoms with Crippen molar-refractivity contribution in [3.05, 3.63) is 297 Å². The first-order chi connectivity index (χ1) is 37.7. The predicted molar refractivity (Wildman–Crippen MR) is 324 cm³/mol. The third-order valence-electron chi connectivity index (χ3n) is 15.9. The van der Waals surface area contributed by atoms with Crippen molar-refractivity contribution in [2.45, 2.75) is 0 Å². The number of nitrogens with zero attached hydrogens (tertiary/aromatic N) is 3. The van der Waals surface area contributed by atoms with E-state index < -0.39 is 8.07 Å². The smallest absolute Gasteiger partial charge is 0.179 e. The van der Waals surface area contributed by atoms with Gasteiger partial charge in [0.15, 0.2) is 8.07 Å². The standard InChI is InChI=1S/C72H49N3Si/c1-4-26-56(27-5-1)76(57-28-6-2-7-29-57,58-30-8-3-9-31-58)59-32-21-25-52(48-59)50-23-20-24-51(45-50)53-46-54(73-65-38-15-10-33-60(65)61-34-11-16-39-66(61)73)49-55(47-53)74-69-42-19-14-37-64(69)72-70(74)43-22-44-71(72)75-67-40-17-12-35-62(67)63-36-13-18-41-68(63)75/h1-49H. The van der Waals surface area contributed by atoms with Crippen molar-refractivity contribution in [2.75, 3.05) is 0 Å². The minimum atomic E-state index is -2.76. The highest BCUT2D eigenvalue weighted by Gasteiger charge is 2.41. The molecule has 12 aromatic carbocycles. The van der Waals surface area contributed by atoms with Crippen LogP contribution in [-0.2, 0) is 0 Å². The first-order valence-electron chi connectivity index (χ1n) is 26.3. The van der Waals surface area contributed by atoms with E-state index in [0.29, 0.717) is 0 Å². The molecular weight excluding hydrogens is 935 g/mol. The minimum Gasteiger partial charge on any atom is -0.309 e. The molecule has 0 aliphatic carbocycles. The zero-order valence-corrected chi connectivity index (χ0v) is 42.6. The number of rotatable bonds is 9. The molecular formula is C72H49N3Si. The van der Waals surface area contributed by atoms with Crippen LogP contribution in [-0.4, -0.2) is 21.8 Å². The van der Waals surface area contributed by atoms with Gasteiger partial charge in [-0.1, -0.05) is 231 Å². The highest BCUT2D eigenvalue weighted by Crippen LogP contribution is 2.42. The second kappa shape index (κ2) is 17.7. The maximum Gasteiger partial charge on any atom is 0.179 e. The van der Waals surface area contributed by atoms with Crippen LogP contribution in [0.5, 0.6) is 0 Å². The van der Waals surface area contributed by atoms with Crippen LogP contribution >= 0.6 is 0 Å². The van der Waals surface area contributed by atoms with Gasteiger partial charge in [0, 0.05) is 43.7 Å². The molecule has 0 fully saturated rings. The van der Waals surface area contributed by atoms with Crippen molar-refractivity contribution in [3.63, 3.8) is 0 Å². The Morgan fingerprint density at radius 1 is 0.211 bits per heavy atom. The number of fused-ring (bicyclic) bond motifs is 9. The maximum atomic E-state index is 2.50. The molecule has 0 saturated heterocycles. The van der Waals surface area contributed by atoms with Crippen molar-refractivity contribution in [3.8, 4) is 39.3 Å². The molecule has 0 bridgehead atoms. The molecule has 0 unspecified atom stereocenters. The van der Waals surface area contributed by atoms with E-state index in [4.69, 9.17) is 0 Å². The fourth-order valence-electron chi connectivity index (χ4n) is 12.7. The largest absolute Gasteiger partial charge is 0.309 e. The molecule has 0 amide bonds. The lowest BCUT2D eigenvalue weighted by Crippen LogP contribution is -2.74. The third-order valence-corrected chi connectivity index (χ3v) is 20.7. The van der Waals surface area contributed by atoms with Crippen LogP contribution in [0.25, 0.3) is 105 Å². The fourth-order valence-corrected chi connectivity index (χ4v) is 17.5. The van der Waals surface area contributed by atoms with E-state index >= 15 is 0 Å². The van der Waals surface area contributed by atoms with Crippen LogP contribution in [0, 0.1) is 0 Å². The minimum absolute atomic E-state index is 1.09. The molecule has 3 nitrogen and oxygen atoms in total. The van der Waals surface area contributed by atoms with E-state index in [9.17, 15) is 0 Å². The molecule has 0 aliphatic rings. The molecule has 3 aromatic heterocycles. The summed E-state index contributed by atoms with van der Waals surface area (Å²) < 4.78 is 7.43. The van der Waals surface area contributed by atoms with Gasteiger partial charge >= 0.3 is 0 Å². The predicted octanol–water partition coefficient (Wildman–Crippen LogP) is 15.7. The summed E-state index contributed by atoms with van der Waals surface area (Å²) in [4.78, 5) is 0. The second-order valence-electron chi connectivity index (χ2n) is 20.0. The molecule has 0 aliphatic heterocycles. The average Bonchev–Trinajstić information content (AvgIpc) is 4.27. The molecule has 356 valence electrons. The Hall–Kier alpha value is -9.74. The van der Waals surface area contributed by atoms with Gasteiger partial charge < -0.3 is 13.7 Å². The fraction of sp³-hybridized carbons (Fsp3) is 0. The summed E-state index contributed by atoms with van der Waals surface area (Å²) in [6.07, 6.45) is 0. The van der Waals surface area contributed by atoms with Crippen LogP contribution in [0.3, 0.4) is 0 Å². The summed E-state index contributed by atoms with van der Waals surface area (Å²) in [7, 11) is -2.76. The van der Waals surface area contributed by atoms with Gasteiger partial charge in [0.25, 0.3) is 0 Å². The Morgan fingerprint density at radius 2 is 0.553 bits per heavy atom. The summed E-state index contributed by atoms with van der Waals surface area (Å²) in [5, 5.41) is 12.8. The summed E-state index contributed by atoms with van der Waals surface area (Å²) >= 11 is 0. The molecule has 76 heavy (non-hydrogen) atoms. The maximum absolute atomic E-state index is 2.76. The Bertz CT molecular complexity index is 4490. The summed E-state index contributed by atoms with van der Waals surface area (Å²) in [5.41, 5.74) is 15.1. The monoisotopic (exact) mass is 983 g/mol. The van der Waals surface area contributed by atoms with Crippen LogP contribution in [0.15, 0.2) is 297 Å². The van der Waals surface area contributed by atoms with Crippen LogP contribution in [0.2, 0.25) is 0 Å². The van der Waals surface area contributed by atoms with E-state index in [2.05, 4.69) is 311 Å². The van der Waals surface area contributed by atoms with Gasteiger partial charge in [-0.3, -0.25) is 0 Å². The molecule has 3 heterocycles. The second-order valence-corrected chi connectivity index (χ2v) is 23.8. The zero-order chi connectivity index (χ0) is 50.2. The van der Waals surface area contributed by atoms with Gasteiger partial charge in [-0.25, -0.2) is 0 Å². The van der Waals surface area contributed by atoms with Crippen molar-refractivity contribution >= 4 is 94.2 Å². The third kappa shape index (κ3) is 6.74. The number of hydrogen-bond donors (Lipinski definition) is 0. The SMILES string of the molecule is c1ccc([Si](c2ccccc2)(c2ccccc2)c2cccc(-c3cccc(-c4cc(-n5c6ccccc6c6ccccc65)cc(-n5c6ccccc6c6c(-n7c8ccccc8c8ccccc87)cccc65)c4)c3)c2)cc1. The van der Waals surface area contributed by atoms with Crippen molar-refractivity contribution in [1.82, 2.24) is 13.7 Å². The lowest BCUT2D eigenvalue weighted by molar-refractivity contribution is 1.13. The molecule has 15 rings (SSSR count). The Labute approximate surface area is 442 Å². The first kappa shape index (κ1) is 43.8. The average molecular weight is 984 g/mol. The lowest BCUT2D eigenvalue weighted by atomic mass is 9.98. The number of benzene rings is 12. The number of hydrogen-bond acceptors (Lipinski definition) is 0. The van der Waals surface area contributed by atoms with Crippen LogP contribution in [0.4, 0.5) is 0 Å². The molecule has 0 spiro atoms. The van der Waals surface area contributed by atoms with Gasteiger partial charge in [0.2, 0.25) is 0 Å². The lowest BCUT2D eigenvalue weighted by Gasteiger charge is -2.34. The molecule has 15 aromatic rings. The van der Waals surface area contributed by atoms with Crippen LogP contribution in [0.1, 0.15) is 0 Å². The number of para-hydroxylation sites is 5. The van der Waals surface area contributed by atoms with E-state index in [1.54, 1.807) is 0 Å². The van der Waals surface area contributed by atoms with Gasteiger partial charge in [0.05, 0.1) is 38.8 Å². The summed E-state index contributed by atoms with van der Waals surface area (Å²) in [6.45, 7) is 0. The van der Waals surface area contributed by atoms with Gasteiger partial charge in [-0.15, -0.1) is 0 Å². The number of aromatic nitrogens is 3. The normalized spacial score (nSPS) is 11.9. The van der Waals surface area contributed by atoms with Crippen molar-refractivity contribution in [2.24, 2.45) is 0 Å². The Balaban J connectivity index is 0.964. The summed E-state index contributed by atoms with van der Waals surface area (Å²) in [5.74, 6) is 0. The zero-order valence-electron chi connectivity index (χ0n) is 41.6. The van der Waals surface area contributed by atoms with E-state index in [0.717, 1.165) is 39.2 Å². The van der Waals surface area contributed by atoms with Gasteiger partial charge in [0.1, 0.15) is 0 Å². The molecule has 0 atom stereocenters. The first-order valence-corrected chi connectivity index (χ1v) is 28.3. The van der Waals surface area contributed by atoms with E-state index in [1.165, 1.54) is 86.3 Å². The molecule has 0 saturated carbocycles. The molecule has 4 heteroatoms. The van der Waals surface area contributed by atoms with Crippen molar-refractivity contribution in [1.29, 1.82) is 0 Å². The van der Waals surface area contributed by atoms with E-state index in [1.807, 2.05) is 0 Å². The topological polar surface area (TPSA) is 14.8 Å². The summed E-state index contributed by atoms with van der Waals surface area (Å²) in [6, 6.07) is 110. The van der Waals surface area contributed by atoms with Gasteiger partial charge in [-0.05, 0) is 110 Å². The van der Waals surface area contributed by atoms with E-state index in [-0.39, 0.29) is 0 Å².